The van der Waals surface area contributed by atoms with Gasteiger partial charge in [0.1, 0.15) is 6.10 Å². The zero-order valence-electron chi connectivity index (χ0n) is 12.9. The number of carbonyl (C=O) groups is 1. The van der Waals surface area contributed by atoms with E-state index in [1.807, 2.05) is 30.3 Å². The Bertz CT molecular complexity index is 484. The molecule has 0 aliphatic heterocycles. The fraction of sp³-hybridized carbons (Fsp3) is 0.316. The van der Waals surface area contributed by atoms with Crippen LogP contribution in [0.4, 0.5) is 0 Å². The van der Waals surface area contributed by atoms with Crippen molar-refractivity contribution in [1.82, 2.24) is 0 Å². The Kier molecular flexibility index (Phi) is 7.88. The molecule has 21 heavy (non-hydrogen) atoms. The fourth-order valence-electron chi connectivity index (χ4n) is 1.77. The third kappa shape index (κ3) is 7.93. The van der Waals surface area contributed by atoms with Crippen molar-refractivity contribution in [1.29, 1.82) is 0 Å². The van der Waals surface area contributed by atoms with Crippen LogP contribution < -0.4 is 0 Å². The number of hydrogen-bond donors (Lipinski definition) is 0. The van der Waals surface area contributed by atoms with Crippen LogP contribution in [0.5, 0.6) is 0 Å². The molecule has 0 radical (unpaired) electrons. The Morgan fingerprint density at radius 3 is 2.62 bits per heavy atom. The molecule has 2 heteroatoms. The van der Waals surface area contributed by atoms with Gasteiger partial charge in [-0.2, -0.15) is 0 Å². The third-order valence-corrected chi connectivity index (χ3v) is 2.88. The summed E-state index contributed by atoms with van der Waals surface area (Å²) < 4.78 is 5.35. The highest BCUT2D eigenvalue weighted by atomic mass is 16.5. The lowest BCUT2D eigenvalue weighted by Crippen LogP contribution is -2.13. The maximum atomic E-state index is 11.8. The Morgan fingerprint density at radius 2 is 2.00 bits per heavy atom. The molecule has 0 aliphatic rings. The van der Waals surface area contributed by atoms with E-state index in [-0.39, 0.29) is 12.1 Å². The van der Waals surface area contributed by atoms with E-state index in [0.717, 1.165) is 18.4 Å². The van der Waals surface area contributed by atoms with Crippen molar-refractivity contribution in [3.05, 3.63) is 66.8 Å². The zero-order chi connectivity index (χ0) is 15.5. The summed E-state index contributed by atoms with van der Waals surface area (Å²) in [6.07, 6.45) is 10.6. The Morgan fingerprint density at radius 1 is 1.29 bits per heavy atom. The maximum absolute atomic E-state index is 11.8. The molecular weight excluding hydrogens is 260 g/mol. The highest BCUT2D eigenvalue weighted by Gasteiger charge is 2.07. The van der Waals surface area contributed by atoms with Crippen LogP contribution in [0.3, 0.4) is 0 Å². The summed E-state index contributed by atoms with van der Waals surface area (Å²) in [5.41, 5.74) is 0.976. The van der Waals surface area contributed by atoms with Gasteiger partial charge < -0.3 is 4.74 Å². The number of hydrogen-bond acceptors (Lipinski definition) is 2. The molecule has 1 unspecified atom stereocenters. The molecule has 0 heterocycles. The summed E-state index contributed by atoms with van der Waals surface area (Å²) in [5.74, 6) is 0.208. The number of rotatable bonds is 8. The minimum atomic E-state index is -0.336. The minimum absolute atomic E-state index is 0.241. The first-order valence-electron chi connectivity index (χ1n) is 7.34. The van der Waals surface area contributed by atoms with Crippen molar-refractivity contribution < 1.29 is 9.53 Å². The van der Waals surface area contributed by atoms with Gasteiger partial charge in [0.05, 0.1) is 0 Å². The van der Waals surface area contributed by atoms with Crippen LogP contribution in [0.2, 0.25) is 0 Å². The van der Waals surface area contributed by atoms with Gasteiger partial charge in [-0.05, 0) is 30.4 Å². The third-order valence-electron chi connectivity index (χ3n) is 2.88. The summed E-state index contributed by atoms with van der Waals surface area (Å²) in [6.45, 7) is 7.99. The van der Waals surface area contributed by atoms with Gasteiger partial charge in [0.15, 0.2) is 0 Å². The van der Waals surface area contributed by atoms with Gasteiger partial charge in [0.2, 0.25) is 0 Å². The smallest absolute Gasteiger partial charge is 0.331 e. The second-order valence-corrected chi connectivity index (χ2v) is 5.20. The van der Waals surface area contributed by atoms with E-state index in [0.29, 0.717) is 5.92 Å². The molecule has 0 bridgehead atoms. The highest BCUT2D eigenvalue weighted by Crippen LogP contribution is 2.08. The molecule has 0 aliphatic carbocycles. The van der Waals surface area contributed by atoms with Crippen molar-refractivity contribution in [3.63, 3.8) is 0 Å². The topological polar surface area (TPSA) is 26.3 Å². The average Bonchev–Trinajstić information content (AvgIpc) is 2.49. The zero-order valence-corrected chi connectivity index (χ0v) is 12.9. The Balaban J connectivity index is 2.40. The van der Waals surface area contributed by atoms with Crippen LogP contribution in [0, 0.1) is 5.92 Å². The molecule has 1 aromatic rings. The van der Waals surface area contributed by atoms with E-state index in [4.69, 9.17) is 4.74 Å². The van der Waals surface area contributed by atoms with Gasteiger partial charge in [-0.3, -0.25) is 0 Å². The fourth-order valence-corrected chi connectivity index (χ4v) is 1.77. The predicted molar refractivity (Wildman–Crippen MR) is 88.8 cm³/mol. The SMILES string of the molecule is C=CC(CCC=CC(C)C)OC(=O)/C=C/c1ccccc1. The lowest BCUT2D eigenvalue weighted by molar-refractivity contribution is -0.140. The summed E-state index contributed by atoms with van der Waals surface area (Å²) in [5, 5.41) is 0. The molecule has 112 valence electrons. The van der Waals surface area contributed by atoms with E-state index >= 15 is 0 Å². The van der Waals surface area contributed by atoms with Crippen molar-refractivity contribution in [3.8, 4) is 0 Å². The largest absolute Gasteiger partial charge is 0.455 e. The van der Waals surface area contributed by atoms with Crippen molar-refractivity contribution in [2.75, 3.05) is 0 Å². The van der Waals surface area contributed by atoms with E-state index in [1.54, 1.807) is 12.2 Å². The van der Waals surface area contributed by atoms with Crippen LogP contribution in [0.15, 0.2) is 61.2 Å². The highest BCUT2D eigenvalue weighted by molar-refractivity contribution is 5.87. The number of ether oxygens (including phenoxy) is 1. The van der Waals surface area contributed by atoms with Crippen molar-refractivity contribution in [2.24, 2.45) is 5.92 Å². The molecule has 1 rings (SSSR count). The number of benzene rings is 1. The minimum Gasteiger partial charge on any atom is -0.455 e. The Labute approximate surface area is 127 Å². The molecule has 0 spiro atoms. The summed E-state index contributed by atoms with van der Waals surface area (Å²) >= 11 is 0. The van der Waals surface area contributed by atoms with E-state index in [1.165, 1.54) is 6.08 Å². The van der Waals surface area contributed by atoms with Crippen molar-refractivity contribution in [2.45, 2.75) is 32.8 Å². The number of carbonyl (C=O) groups excluding carboxylic acids is 1. The molecule has 2 nitrogen and oxygen atoms in total. The standard InChI is InChI=1S/C19H24O2/c1-4-18(13-9-8-10-16(2)3)21-19(20)15-14-17-11-6-5-7-12-17/h4-8,10-12,14-16,18H,1,9,13H2,2-3H3/b10-8?,15-14+. The van der Waals surface area contributed by atoms with Crippen LogP contribution in [-0.2, 0) is 9.53 Å². The molecule has 0 aromatic heterocycles. The normalized spacial score (nSPS) is 12.9. The van der Waals surface area contributed by atoms with Gasteiger partial charge in [-0.1, -0.05) is 69.0 Å². The first kappa shape index (κ1) is 17.0. The summed E-state index contributed by atoms with van der Waals surface area (Å²) in [6, 6.07) is 9.67. The molecule has 1 atom stereocenters. The monoisotopic (exact) mass is 284 g/mol. The Hall–Kier alpha value is -2.09. The second-order valence-electron chi connectivity index (χ2n) is 5.20. The van der Waals surface area contributed by atoms with E-state index in [2.05, 4.69) is 32.6 Å². The lowest BCUT2D eigenvalue weighted by atomic mass is 10.1. The summed E-state index contributed by atoms with van der Waals surface area (Å²) in [7, 11) is 0. The molecule has 0 saturated carbocycles. The first-order chi connectivity index (χ1) is 10.1. The van der Waals surface area contributed by atoms with Gasteiger partial charge in [0, 0.05) is 6.08 Å². The van der Waals surface area contributed by atoms with Crippen LogP contribution >= 0.6 is 0 Å². The quantitative estimate of drug-likeness (QED) is 0.390. The molecule has 0 N–H and O–H groups in total. The average molecular weight is 284 g/mol. The molecular formula is C19H24O2. The van der Waals surface area contributed by atoms with Gasteiger partial charge in [-0.15, -0.1) is 0 Å². The van der Waals surface area contributed by atoms with E-state index < -0.39 is 0 Å². The molecule has 0 amide bonds. The van der Waals surface area contributed by atoms with E-state index in [9.17, 15) is 4.79 Å². The number of allylic oxidation sites excluding steroid dienone is 2. The maximum Gasteiger partial charge on any atom is 0.331 e. The number of esters is 1. The second kappa shape index (κ2) is 9.76. The van der Waals surface area contributed by atoms with Crippen LogP contribution in [0.1, 0.15) is 32.3 Å². The molecule has 0 fully saturated rings. The predicted octanol–water partition coefficient (Wildman–Crippen LogP) is 4.79. The molecule has 1 aromatic carbocycles. The van der Waals surface area contributed by atoms with Crippen LogP contribution in [-0.4, -0.2) is 12.1 Å². The van der Waals surface area contributed by atoms with Crippen molar-refractivity contribution >= 4 is 12.0 Å². The first-order valence-corrected chi connectivity index (χ1v) is 7.34. The summed E-state index contributed by atoms with van der Waals surface area (Å²) in [4.78, 5) is 11.8. The van der Waals surface area contributed by atoms with Crippen LogP contribution in [0.25, 0.3) is 6.08 Å². The van der Waals surface area contributed by atoms with Gasteiger partial charge in [0.25, 0.3) is 0 Å². The van der Waals surface area contributed by atoms with Gasteiger partial charge in [-0.25, -0.2) is 4.79 Å². The van der Waals surface area contributed by atoms with Gasteiger partial charge >= 0.3 is 5.97 Å². The lowest BCUT2D eigenvalue weighted by Gasteiger charge is -2.11. The molecule has 0 saturated heterocycles.